The lowest BCUT2D eigenvalue weighted by Crippen LogP contribution is -2.61. The minimum absolute atomic E-state index is 0.152. The van der Waals surface area contributed by atoms with Gasteiger partial charge in [-0.15, -0.1) is 0 Å². The molecule has 2 aliphatic heterocycles. The number of rotatable bonds is 1. The Hall–Kier alpha value is -2.56. The van der Waals surface area contributed by atoms with Crippen molar-refractivity contribution >= 4 is 0 Å². The first-order chi connectivity index (χ1) is 13.0. The molecule has 132 valence electrons. The third kappa shape index (κ3) is 1.38. The molecule has 26 heavy (non-hydrogen) atoms. The second-order valence-corrected chi connectivity index (χ2v) is 7.95. The molecule has 3 heterocycles. The third-order valence-electron chi connectivity index (χ3n) is 7.01. The van der Waals surface area contributed by atoms with E-state index in [0.717, 1.165) is 25.7 Å². The minimum atomic E-state index is -1.22. The minimum Gasteiger partial charge on any atom is -0.245 e. The van der Waals surface area contributed by atoms with Gasteiger partial charge >= 0.3 is 11.4 Å². The molecule has 2 bridgehead atoms. The third-order valence-corrected chi connectivity index (χ3v) is 7.01. The van der Waals surface area contributed by atoms with Crippen molar-refractivity contribution in [2.75, 3.05) is 0 Å². The zero-order valence-electron chi connectivity index (χ0n) is 15.7. The highest BCUT2D eigenvalue weighted by atomic mass is 16.2. The van der Waals surface area contributed by atoms with E-state index < -0.39 is 11.7 Å². The number of hydrogen-bond donors (Lipinski definition) is 0. The van der Waals surface area contributed by atoms with Crippen LogP contribution in [0.15, 0.2) is 63.2 Å². The van der Waals surface area contributed by atoms with Gasteiger partial charge in [0.15, 0.2) is 0 Å². The van der Waals surface area contributed by atoms with Crippen LogP contribution in [0.25, 0.3) is 5.69 Å². The van der Waals surface area contributed by atoms with E-state index in [-0.39, 0.29) is 23.1 Å². The Labute approximate surface area is 152 Å². The van der Waals surface area contributed by atoms with Crippen LogP contribution in [0.2, 0.25) is 0 Å². The van der Waals surface area contributed by atoms with Crippen molar-refractivity contribution in [3.8, 4) is 5.69 Å². The van der Waals surface area contributed by atoms with Crippen LogP contribution in [-0.2, 0) is 0 Å². The van der Waals surface area contributed by atoms with Gasteiger partial charge in [-0.3, -0.25) is 0 Å². The molecule has 0 N–H and O–H groups in total. The molecule has 4 atom stereocenters. The molecule has 0 saturated heterocycles. The van der Waals surface area contributed by atoms with Crippen LogP contribution in [-0.4, -0.2) is 13.9 Å². The fraction of sp³-hybridized carbons (Fsp3) is 0.429. The van der Waals surface area contributed by atoms with E-state index in [1.165, 1.54) is 20.4 Å². The Morgan fingerprint density at radius 2 is 1.85 bits per heavy atom. The van der Waals surface area contributed by atoms with Gasteiger partial charge in [0.05, 0.1) is 19.1 Å². The number of allylic oxidation sites excluding steroid dienone is 4. The van der Waals surface area contributed by atoms with Crippen molar-refractivity contribution < 1.29 is 1.37 Å². The lowest BCUT2D eigenvalue weighted by atomic mass is 9.44. The molecule has 0 amide bonds. The lowest BCUT2D eigenvalue weighted by Gasteiger charge is -2.64. The van der Waals surface area contributed by atoms with Crippen molar-refractivity contribution in [3.63, 3.8) is 0 Å². The van der Waals surface area contributed by atoms with Gasteiger partial charge < -0.3 is 0 Å². The molecule has 1 spiro atoms. The molecule has 1 aromatic carbocycles. The van der Waals surface area contributed by atoms with Gasteiger partial charge in [0.25, 0.3) is 0 Å². The van der Waals surface area contributed by atoms with Crippen molar-refractivity contribution in [1.29, 1.82) is 0 Å². The largest absolute Gasteiger partial charge is 0.352 e. The highest BCUT2D eigenvalue weighted by Crippen LogP contribution is 2.70. The number of para-hydroxylation sites is 1. The van der Waals surface area contributed by atoms with Crippen LogP contribution in [0.1, 0.15) is 46.0 Å². The summed E-state index contributed by atoms with van der Waals surface area (Å²) < 4.78 is 13.7. The van der Waals surface area contributed by atoms with Crippen LogP contribution in [0.5, 0.6) is 0 Å². The Kier molecular flexibility index (Phi) is 2.40. The van der Waals surface area contributed by atoms with E-state index in [2.05, 4.69) is 6.92 Å². The van der Waals surface area contributed by atoms with Gasteiger partial charge in [0, 0.05) is 11.3 Å². The fourth-order valence-electron chi connectivity index (χ4n) is 6.11. The molecule has 2 aromatic rings. The molecule has 1 aromatic heterocycles. The van der Waals surface area contributed by atoms with Crippen molar-refractivity contribution in [3.05, 3.63) is 74.6 Å². The van der Waals surface area contributed by atoms with Gasteiger partial charge in [-0.05, 0) is 38.3 Å². The summed E-state index contributed by atoms with van der Waals surface area (Å²) in [5.74, 6) is 0.152. The Bertz CT molecular complexity index is 1170. The topological polar surface area (TPSA) is 48.9 Å². The Morgan fingerprint density at radius 1 is 1.08 bits per heavy atom. The average molecular weight is 348 g/mol. The summed E-state index contributed by atoms with van der Waals surface area (Å²) in [6.07, 6.45) is 8.02. The van der Waals surface area contributed by atoms with Crippen molar-refractivity contribution in [1.82, 2.24) is 13.9 Å². The quantitative estimate of drug-likeness (QED) is 0.744. The van der Waals surface area contributed by atoms with E-state index in [4.69, 9.17) is 0 Å². The zero-order chi connectivity index (χ0) is 18.6. The lowest BCUT2D eigenvalue weighted by molar-refractivity contribution is -0.00781. The van der Waals surface area contributed by atoms with E-state index >= 15 is 0 Å². The summed E-state index contributed by atoms with van der Waals surface area (Å²) in [5.41, 5.74) is 2.18. The van der Waals surface area contributed by atoms with Crippen LogP contribution >= 0.6 is 0 Å². The number of aromatic nitrogens is 3. The molecule has 1 fully saturated rings. The summed E-state index contributed by atoms with van der Waals surface area (Å²) in [6, 6.07) is 7.63. The maximum Gasteiger partial charge on any atom is 0.352 e. The second kappa shape index (κ2) is 4.58. The summed E-state index contributed by atoms with van der Waals surface area (Å²) in [7, 11) is 0. The fourth-order valence-corrected chi connectivity index (χ4v) is 6.11. The molecule has 0 radical (unpaired) electrons. The molecule has 4 unspecified atom stereocenters. The van der Waals surface area contributed by atoms with Crippen LogP contribution in [0.4, 0.5) is 0 Å². The molecular weight excluding hydrogens is 326 g/mol. The maximum atomic E-state index is 13.4. The van der Waals surface area contributed by atoms with Gasteiger partial charge in [0.2, 0.25) is 0 Å². The molecule has 7 rings (SSSR count). The highest BCUT2D eigenvalue weighted by Gasteiger charge is 2.64. The maximum absolute atomic E-state index is 13.4. The number of nitrogens with zero attached hydrogens (tertiary/aromatic N) is 3. The summed E-state index contributed by atoms with van der Waals surface area (Å²) in [4.78, 5) is 26.7. The van der Waals surface area contributed by atoms with Crippen LogP contribution < -0.4 is 11.4 Å². The average Bonchev–Trinajstić information content (AvgIpc) is 2.95. The number of hydrogen-bond acceptors (Lipinski definition) is 2. The van der Waals surface area contributed by atoms with Crippen LogP contribution in [0, 0.1) is 11.3 Å². The normalized spacial score (nSPS) is 36.9. The zero-order valence-corrected chi connectivity index (χ0v) is 14.7. The number of benzene rings is 1. The van der Waals surface area contributed by atoms with Crippen molar-refractivity contribution in [2.24, 2.45) is 11.3 Å². The first-order valence-electron chi connectivity index (χ1n) is 9.94. The first kappa shape index (κ1) is 13.6. The Balaban J connectivity index is 1.68. The predicted octanol–water partition coefficient (Wildman–Crippen LogP) is 2.97. The summed E-state index contributed by atoms with van der Waals surface area (Å²) in [6.45, 7) is 2.16. The second-order valence-electron chi connectivity index (χ2n) is 7.95. The smallest absolute Gasteiger partial charge is 0.245 e. The van der Waals surface area contributed by atoms with E-state index in [0.29, 0.717) is 5.69 Å². The first-order valence-corrected chi connectivity index (χ1v) is 9.44. The van der Waals surface area contributed by atoms with Gasteiger partial charge in [-0.25, -0.2) is 23.5 Å². The van der Waals surface area contributed by atoms with Gasteiger partial charge in [-0.2, -0.15) is 0 Å². The molecule has 5 heteroatoms. The molecular formula is C21H21N3O2. The van der Waals surface area contributed by atoms with E-state index in [1.807, 2.05) is 30.4 Å². The van der Waals surface area contributed by atoms with E-state index in [9.17, 15) is 11.0 Å². The van der Waals surface area contributed by atoms with Gasteiger partial charge in [-0.1, -0.05) is 47.9 Å². The van der Waals surface area contributed by atoms with Crippen molar-refractivity contribution in [2.45, 2.75) is 44.7 Å². The molecule has 1 saturated carbocycles. The molecule has 3 aliphatic carbocycles. The van der Waals surface area contributed by atoms with E-state index in [1.54, 1.807) is 16.8 Å². The monoisotopic (exact) mass is 348 g/mol. The molecule has 5 aliphatic rings. The SMILES string of the molecule is [2H]C12C=CC(C3C(C)=C4CCCCC431)n1c(=O)n(-c3ccccc3)c(=O)n12. The Morgan fingerprint density at radius 3 is 2.65 bits per heavy atom. The van der Waals surface area contributed by atoms with Gasteiger partial charge in [0.1, 0.15) is 0 Å². The summed E-state index contributed by atoms with van der Waals surface area (Å²) in [5, 5.41) is 0. The predicted molar refractivity (Wildman–Crippen MR) is 98.6 cm³/mol. The highest BCUT2D eigenvalue weighted by molar-refractivity contribution is 5.47. The summed E-state index contributed by atoms with van der Waals surface area (Å²) >= 11 is 0. The standard InChI is InChI=1S/C21H21N3O2/c1-13-15-9-5-6-12-21(15)17-11-10-16(18(13)21)23-19(25)22(20(26)24(17)23)14-7-3-2-4-8-14/h2-4,7-8,10-11,16-18H,5-6,9,12H2,1H3/i17D. The molecule has 5 nitrogen and oxygen atoms in total. The van der Waals surface area contributed by atoms with Crippen LogP contribution in [0.3, 0.4) is 0 Å².